The molecule has 0 fully saturated rings. The minimum absolute atomic E-state index is 0.129. The molecule has 1 amide bonds. The van der Waals surface area contributed by atoms with Crippen molar-refractivity contribution in [3.8, 4) is 22.5 Å². The van der Waals surface area contributed by atoms with Crippen molar-refractivity contribution in [2.75, 3.05) is 6.54 Å². The van der Waals surface area contributed by atoms with Gasteiger partial charge >= 0.3 is 0 Å². The van der Waals surface area contributed by atoms with E-state index in [1.54, 1.807) is 12.3 Å². The summed E-state index contributed by atoms with van der Waals surface area (Å²) in [6.07, 6.45) is 4.28. The molecule has 0 saturated heterocycles. The fraction of sp³-hybridized carbons (Fsp3) is 0.0714. The first kappa shape index (κ1) is 20.5. The van der Waals surface area contributed by atoms with Crippen LogP contribution in [0.2, 0.25) is 0 Å². The third kappa shape index (κ3) is 4.62. The second kappa shape index (κ2) is 9.40. The number of fused-ring (bicyclic) bond motifs is 1. The van der Waals surface area contributed by atoms with Gasteiger partial charge in [0, 0.05) is 35.6 Å². The highest BCUT2D eigenvalue weighted by Crippen LogP contribution is 2.31. The van der Waals surface area contributed by atoms with Crippen LogP contribution >= 0.6 is 0 Å². The van der Waals surface area contributed by atoms with Crippen LogP contribution in [0.25, 0.3) is 33.5 Å². The summed E-state index contributed by atoms with van der Waals surface area (Å²) in [4.78, 5) is 26.7. The molecule has 2 heterocycles. The Morgan fingerprint density at radius 2 is 1.39 bits per heavy atom. The first-order chi connectivity index (χ1) is 16.3. The largest absolute Gasteiger partial charge is 0.352 e. The highest BCUT2D eigenvalue weighted by atomic mass is 16.1. The predicted octanol–water partition coefficient (Wildman–Crippen LogP) is 5.33. The molecule has 0 aliphatic rings. The number of pyridine rings is 1. The zero-order chi connectivity index (χ0) is 22.5. The second-order valence-corrected chi connectivity index (χ2v) is 7.72. The molecule has 0 atom stereocenters. The first-order valence-electron chi connectivity index (χ1n) is 10.9. The Kier molecular flexibility index (Phi) is 5.85. The lowest BCUT2D eigenvalue weighted by molar-refractivity contribution is 0.0954. The lowest BCUT2D eigenvalue weighted by Crippen LogP contribution is -2.25. The predicted molar refractivity (Wildman–Crippen MR) is 131 cm³/mol. The van der Waals surface area contributed by atoms with Crippen molar-refractivity contribution in [1.29, 1.82) is 0 Å². The fourth-order valence-corrected chi connectivity index (χ4v) is 3.76. The highest BCUT2D eigenvalue weighted by molar-refractivity contribution is 5.98. The normalized spacial score (nSPS) is 10.8. The highest BCUT2D eigenvalue weighted by Gasteiger charge is 2.14. The van der Waals surface area contributed by atoms with E-state index in [1.165, 1.54) is 0 Å². The first-order valence-corrected chi connectivity index (χ1v) is 10.9. The van der Waals surface area contributed by atoms with E-state index in [2.05, 4.69) is 10.3 Å². The number of benzene rings is 3. The van der Waals surface area contributed by atoms with Crippen LogP contribution in [0.4, 0.5) is 0 Å². The number of nitrogens with one attached hydrogen (secondary N) is 1. The maximum atomic E-state index is 12.7. The summed E-state index contributed by atoms with van der Waals surface area (Å²) in [5.41, 5.74) is 6.69. The lowest BCUT2D eigenvalue weighted by atomic mass is 10.0. The average Bonchev–Trinajstić information content (AvgIpc) is 2.89. The molecule has 5 aromatic rings. The lowest BCUT2D eigenvalue weighted by Gasteiger charge is -2.11. The van der Waals surface area contributed by atoms with E-state index in [9.17, 15) is 4.79 Å². The van der Waals surface area contributed by atoms with E-state index in [-0.39, 0.29) is 5.91 Å². The summed E-state index contributed by atoms with van der Waals surface area (Å²) < 4.78 is 0. The molecule has 0 radical (unpaired) electrons. The van der Waals surface area contributed by atoms with Crippen LogP contribution in [-0.2, 0) is 6.42 Å². The van der Waals surface area contributed by atoms with Gasteiger partial charge in [-0.3, -0.25) is 9.78 Å². The number of amides is 1. The summed E-state index contributed by atoms with van der Waals surface area (Å²) in [6.45, 7) is 0.538. The second-order valence-electron chi connectivity index (χ2n) is 7.72. The van der Waals surface area contributed by atoms with Gasteiger partial charge in [-0.05, 0) is 36.2 Å². The minimum Gasteiger partial charge on any atom is -0.352 e. The molecule has 160 valence electrons. The van der Waals surface area contributed by atoms with Crippen LogP contribution in [0.15, 0.2) is 103 Å². The summed E-state index contributed by atoms with van der Waals surface area (Å²) in [7, 11) is 0. The van der Waals surface area contributed by atoms with Gasteiger partial charge in [0.1, 0.15) is 0 Å². The van der Waals surface area contributed by atoms with Crippen LogP contribution in [-0.4, -0.2) is 27.4 Å². The van der Waals surface area contributed by atoms with Crippen LogP contribution in [0.5, 0.6) is 0 Å². The Hall–Kier alpha value is -4.38. The fourth-order valence-electron chi connectivity index (χ4n) is 3.76. The topological polar surface area (TPSA) is 67.8 Å². The Labute approximate surface area is 192 Å². The summed E-state index contributed by atoms with van der Waals surface area (Å²) >= 11 is 0. The Bertz CT molecular complexity index is 1390. The van der Waals surface area contributed by atoms with Crippen molar-refractivity contribution in [3.63, 3.8) is 0 Å². The van der Waals surface area contributed by atoms with Crippen molar-refractivity contribution in [3.05, 3.63) is 115 Å². The van der Waals surface area contributed by atoms with Gasteiger partial charge in [-0.25, -0.2) is 9.97 Å². The average molecular weight is 431 g/mol. The van der Waals surface area contributed by atoms with Crippen LogP contribution in [0.1, 0.15) is 15.9 Å². The zero-order valence-electron chi connectivity index (χ0n) is 18.0. The molecule has 3 aromatic carbocycles. The van der Waals surface area contributed by atoms with E-state index >= 15 is 0 Å². The molecule has 0 aliphatic heterocycles. The van der Waals surface area contributed by atoms with Gasteiger partial charge in [0.25, 0.3) is 5.91 Å². The quantitative estimate of drug-likeness (QED) is 0.395. The van der Waals surface area contributed by atoms with Gasteiger partial charge in [0.2, 0.25) is 0 Å². The molecule has 5 rings (SSSR count). The molecule has 5 heteroatoms. The van der Waals surface area contributed by atoms with E-state index in [1.807, 2.05) is 91.1 Å². The van der Waals surface area contributed by atoms with E-state index in [4.69, 9.17) is 9.97 Å². The van der Waals surface area contributed by atoms with Crippen molar-refractivity contribution in [2.24, 2.45) is 0 Å². The number of hydrogen-bond donors (Lipinski definition) is 1. The summed E-state index contributed by atoms with van der Waals surface area (Å²) in [5.74, 6) is -0.129. The van der Waals surface area contributed by atoms with Crippen molar-refractivity contribution >= 4 is 16.9 Å². The SMILES string of the molecule is O=C(NCCc1cccnc1)c1ccc2nc(-c3ccccc3)c(-c3ccccc3)nc2c1. The number of aromatic nitrogens is 3. The number of carbonyl (C=O) groups excluding carboxylic acids is 1. The number of nitrogens with zero attached hydrogens (tertiary/aromatic N) is 3. The zero-order valence-corrected chi connectivity index (χ0v) is 18.0. The van der Waals surface area contributed by atoms with Crippen LogP contribution in [0.3, 0.4) is 0 Å². The van der Waals surface area contributed by atoms with Gasteiger partial charge in [0.05, 0.1) is 22.4 Å². The molecule has 5 nitrogen and oxygen atoms in total. The van der Waals surface area contributed by atoms with Gasteiger partial charge < -0.3 is 5.32 Å². The maximum Gasteiger partial charge on any atom is 0.251 e. The molecular weight excluding hydrogens is 408 g/mol. The van der Waals surface area contributed by atoms with E-state index in [0.29, 0.717) is 17.6 Å². The van der Waals surface area contributed by atoms with Crippen LogP contribution < -0.4 is 5.32 Å². The molecule has 0 bridgehead atoms. The van der Waals surface area contributed by atoms with Crippen molar-refractivity contribution in [2.45, 2.75) is 6.42 Å². The minimum atomic E-state index is -0.129. The number of hydrogen-bond acceptors (Lipinski definition) is 4. The van der Waals surface area contributed by atoms with Crippen molar-refractivity contribution in [1.82, 2.24) is 20.3 Å². The Morgan fingerprint density at radius 3 is 2.03 bits per heavy atom. The monoisotopic (exact) mass is 430 g/mol. The summed E-state index contributed by atoms with van der Waals surface area (Å²) in [5, 5.41) is 2.98. The molecule has 2 aromatic heterocycles. The van der Waals surface area contributed by atoms with Crippen molar-refractivity contribution < 1.29 is 4.79 Å². The smallest absolute Gasteiger partial charge is 0.251 e. The third-order valence-corrected chi connectivity index (χ3v) is 5.44. The number of carbonyl (C=O) groups is 1. The van der Waals surface area contributed by atoms with Gasteiger partial charge in [-0.15, -0.1) is 0 Å². The molecule has 33 heavy (non-hydrogen) atoms. The van der Waals surface area contributed by atoms with Crippen LogP contribution in [0, 0.1) is 0 Å². The molecule has 0 unspecified atom stereocenters. The molecule has 0 saturated carbocycles. The molecule has 0 spiro atoms. The Morgan fingerprint density at radius 1 is 0.727 bits per heavy atom. The maximum absolute atomic E-state index is 12.7. The van der Waals surface area contributed by atoms with Gasteiger partial charge in [-0.2, -0.15) is 0 Å². The molecule has 1 N–H and O–H groups in total. The standard InChI is InChI=1S/C28H22N4O/c33-28(30-17-15-20-8-7-16-29-19-20)23-13-14-24-25(18-23)32-27(22-11-5-2-6-12-22)26(31-24)21-9-3-1-4-10-21/h1-14,16,18-19H,15,17H2,(H,30,33). The third-order valence-electron chi connectivity index (χ3n) is 5.44. The summed E-state index contributed by atoms with van der Waals surface area (Å²) in [6, 6.07) is 29.4. The van der Waals surface area contributed by atoms with Gasteiger partial charge in [-0.1, -0.05) is 66.7 Å². The molecular formula is C28H22N4O. The Balaban J connectivity index is 1.47. The number of rotatable bonds is 6. The molecule has 0 aliphatic carbocycles. The van der Waals surface area contributed by atoms with Gasteiger partial charge in [0.15, 0.2) is 0 Å². The van der Waals surface area contributed by atoms with E-state index in [0.717, 1.165) is 40.0 Å². The van der Waals surface area contributed by atoms with E-state index < -0.39 is 0 Å².